The van der Waals surface area contributed by atoms with Crippen molar-refractivity contribution in [2.24, 2.45) is 16.2 Å². The number of ether oxygens (including phenoxy) is 3. The molecule has 4 amide bonds. The number of rotatable bonds is 19. The van der Waals surface area contributed by atoms with Gasteiger partial charge in [0.05, 0.1) is 54.0 Å². The largest absolute Gasteiger partial charge is 0.507 e. The topological polar surface area (TPSA) is 240 Å². The second kappa shape index (κ2) is 19.0. The third-order valence-corrected chi connectivity index (χ3v) is 12.9. The molecule has 4 aliphatic rings. The maximum absolute atomic E-state index is 13.9. The number of thiazole rings is 1. The third-order valence-electron chi connectivity index (χ3n) is 12.0. The number of amides is 4. The van der Waals surface area contributed by atoms with Crippen LogP contribution < -0.4 is 26.4 Å². The molecule has 2 aromatic heterocycles. The average Bonchev–Trinajstić information content (AvgIpc) is 3.84. The lowest BCUT2D eigenvalue weighted by molar-refractivity contribution is -0.217. The summed E-state index contributed by atoms with van der Waals surface area (Å²) in [4.78, 5) is 60.0. The van der Waals surface area contributed by atoms with Gasteiger partial charge < -0.3 is 51.0 Å². The van der Waals surface area contributed by atoms with Crippen molar-refractivity contribution in [3.8, 4) is 33.2 Å². The fourth-order valence-electron chi connectivity index (χ4n) is 8.74. The zero-order valence-electron chi connectivity index (χ0n) is 36.0. The molecule has 3 saturated carbocycles. The van der Waals surface area contributed by atoms with E-state index >= 15 is 0 Å². The third kappa shape index (κ3) is 10.4. The van der Waals surface area contributed by atoms with Gasteiger partial charge in [-0.15, -0.1) is 21.5 Å². The highest BCUT2D eigenvalue weighted by atomic mass is 32.1. The number of nitrogens with zero attached hydrogens (tertiary/aromatic N) is 4. The number of aromatic nitrogens is 3. The van der Waals surface area contributed by atoms with Gasteiger partial charge in [-0.3, -0.25) is 19.2 Å². The number of nitrogens with two attached hydrogens (primary N) is 1. The number of benzene rings is 2. The molecule has 8 rings (SSSR count). The molecule has 0 spiro atoms. The Balaban J connectivity index is 0.776. The Labute approximate surface area is 370 Å². The number of hydrogen-bond donors (Lipinski definition) is 6. The summed E-state index contributed by atoms with van der Waals surface area (Å²) in [7, 11) is 0. The van der Waals surface area contributed by atoms with E-state index in [9.17, 15) is 29.4 Å². The van der Waals surface area contributed by atoms with Crippen LogP contribution >= 0.6 is 11.3 Å². The van der Waals surface area contributed by atoms with Gasteiger partial charge in [-0.1, -0.05) is 57.2 Å². The van der Waals surface area contributed by atoms with Crippen LogP contribution in [0.25, 0.3) is 21.7 Å². The van der Waals surface area contributed by atoms with Crippen LogP contribution in [0.3, 0.4) is 0 Å². The smallest absolute Gasteiger partial charge is 0.246 e. The minimum absolute atomic E-state index is 0.0182. The van der Waals surface area contributed by atoms with Crippen molar-refractivity contribution < 1.29 is 43.6 Å². The van der Waals surface area contributed by atoms with Crippen LogP contribution in [-0.2, 0) is 35.2 Å². The summed E-state index contributed by atoms with van der Waals surface area (Å²) in [6, 6.07) is 14.4. The summed E-state index contributed by atoms with van der Waals surface area (Å²) in [5.41, 5.74) is 10.4. The number of anilines is 1. The van der Waals surface area contributed by atoms with Gasteiger partial charge in [-0.25, -0.2) is 4.98 Å². The van der Waals surface area contributed by atoms with Gasteiger partial charge in [0, 0.05) is 43.1 Å². The number of carbonyl (C=O) groups excluding carboxylic acids is 4. The standard InChI is InChI=1S/C45H56N8O9S/c1-27-37(63-26-49-27)29-11-9-28(10-12-29)19-48-40(57)33-17-30(54)20-53(33)41(58)38(43(2,3)4)50-36(56)21-61-16-15-60-14-13-47-42(59)45-22-44(23-45,24-45)25-62-35-18-32(51-52-39(35)46)31-7-5-6-8-34(31)55/h5-12,18,26,30,33,38,54-55H,13-17,19-25H2,1-4H3,(H2,46,52)(H,47,59)(H,48,57)(H,50,56)/t30-,33+,38-,44?,45?/m1/s1. The van der Waals surface area contributed by atoms with Gasteiger partial charge >= 0.3 is 0 Å². The van der Waals surface area contributed by atoms with Crippen LogP contribution in [0.2, 0.25) is 0 Å². The number of aryl methyl sites for hydroxylation is 1. The first-order valence-corrected chi connectivity index (χ1v) is 22.0. The molecule has 4 aromatic rings. The molecule has 3 aliphatic carbocycles. The van der Waals surface area contributed by atoms with Crippen LogP contribution in [0.1, 0.15) is 57.7 Å². The van der Waals surface area contributed by atoms with Gasteiger partial charge in [0.2, 0.25) is 23.6 Å². The first-order valence-electron chi connectivity index (χ1n) is 21.1. The normalized spacial score (nSPS) is 21.8. The van der Waals surface area contributed by atoms with E-state index in [1.54, 1.807) is 47.2 Å². The molecule has 336 valence electrons. The van der Waals surface area contributed by atoms with Crippen molar-refractivity contribution in [3.63, 3.8) is 0 Å². The molecular formula is C45H56N8O9S. The zero-order valence-corrected chi connectivity index (χ0v) is 36.8. The fourth-order valence-corrected chi connectivity index (χ4v) is 9.55. The first-order chi connectivity index (χ1) is 30.1. The maximum atomic E-state index is 13.9. The Morgan fingerprint density at radius 3 is 2.43 bits per heavy atom. The fraction of sp³-hybridized carbons (Fsp3) is 0.489. The van der Waals surface area contributed by atoms with Crippen LogP contribution in [-0.4, -0.2) is 118 Å². The van der Waals surface area contributed by atoms with Crippen molar-refractivity contribution in [1.29, 1.82) is 0 Å². The predicted octanol–water partition coefficient (Wildman–Crippen LogP) is 3.37. The predicted molar refractivity (Wildman–Crippen MR) is 234 cm³/mol. The average molecular weight is 885 g/mol. The molecule has 18 heteroatoms. The van der Waals surface area contributed by atoms with Crippen LogP contribution in [0.15, 0.2) is 60.1 Å². The second-order valence-electron chi connectivity index (χ2n) is 18.0. The molecule has 1 saturated heterocycles. The van der Waals surface area contributed by atoms with Crippen LogP contribution in [0.4, 0.5) is 5.82 Å². The van der Waals surface area contributed by atoms with E-state index in [0.717, 1.165) is 21.7 Å². The van der Waals surface area contributed by atoms with Crippen molar-refractivity contribution >= 4 is 40.8 Å². The molecule has 63 heavy (non-hydrogen) atoms. The van der Waals surface area contributed by atoms with E-state index in [-0.39, 0.29) is 74.7 Å². The van der Waals surface area contributed by atoms with Crippen LogP contribution in [0.5, 0.6) is 11.5 Å². The van der Waals surface area contributed by atoms with E-state index in [0.29, 0.717) is 49.4 Å². The Morgan fingerprint density at radius 1 is 1.00 bits per heavy atom. The van der Waals surface area contributed by atoms with Crippen LogP contribution in [0, 0.1) is 23.2 Å². The zero-order chi connectivity index (χ0) is 44.9. The molecule has 0 unspecified atom stereocenters. The van der Waals surface area contributed by atoms with Gasteiger partial charge in [-0.2, -0.15) is 0 Å². The summed E-state index contributed by atoms with van der Waals surface area (Å²) in [6.45, 7) is 8.58. The minimum atomic E-state index is -0.984. The summed E-state index contributed by atoms with van der Waals surface area (Å²) < 4.78 is 17.2. The first kappa shape index (κ1) is 45.3. The Bertz CT molecular complexity index is 2280. The van der Waals surface area contributed by atoms with Gasteiger partial charge in [0.15, 0.2) is 11.6 Å². The van der Waals surface area contributed by atoms with E-state index in [4.69, 9.17) is 19.9 Å². The van der Waals surface area contributed by atoms with Crippen molar-refractivity contribution in [3.05, 3.63) is 71.4 Å². The van der Waals surface area contributed by atoms with Crippen molar-refractivity contribution in [1.82, 2.24) is 36.0 Å². The van der Waals surface area contributed by atoms with E-state index in [1.165, 1.54) is 4.90 Å². The second-order valence-corrected chi connectivity index (χ2v) is 18.8. The number of hydrogen-bond acceptors (Lipinski definition) is 14. The highest BCUT2D eigenvalue weighted by molar-refractivity contribution is 7.13. The number of aromatic hydroxyl groups is 1. The quantitative estimate of drug-likeness (QED) is 0.0742. The number of phenolic OH excluding ortho intramolecular Hbond substituents is 1. The molecule has 0 radical (unpaired) electrons. The van der Waals surface area contributed by atoms with Gasteiger partial charge in [0.25, 0.3) is 0 Å². The molecule has 1 aliphatic heterocycles. The van der Waals surface area contributed by atoms with Crippen molar-refractivity contribution in [2.75, 3.05) is 51.9 Å². The maximum Gasteiger partial charge on any atom is 0.246 e. The van der Waals surface area contributed by atoms with E-state index in [1.807, 2.05) is 52.0 Å². The molecule has 3 heterocycles. The van der Waals surface area contributed by atoms with Gasteiger partial charge in [-0.05, 0) is 54.9 Å². The molecule has 7 N–H and O–H groups in total. The number of β-amino-alcohol motifs (C(OH)–C–C–N with tert-alkyl or cyclic N) is 1. The number of aliphatic hydroxyl groups is 1. The highest BCUT2D eigenvalue weighted by Gasteiger charge is 2.71. The number of phenols is 1. The number of likely N-dealkylation sites (tertiary alicyclic amines) is 1. The number of aliphatic hydroxyl groups excluding tert-OH is 1. The summed E-state index contributed by atoms with van der Waals surface area (Å²) in [5, 5.41) is 37.5. The molecule has 17 nitrogen and oxygen atoms in total. The Morgan fingerprint density at radius 2 is 1.73 bits per heavy atom. The molecular weight excluding hydrogens is 829 g/mol. The highest BCUT2D eigenvalue weighted by Crippen LogP contribution is 2.73. The number of carbonyl (C=O) groups is 4. The lowest BCUT2D eigenvalue weighted by Crippen LogP contribution is -2.69. The Hall–Kier alpha value is -5.69. The van der Waals surface area contributed by atoms with E-state index < -0.39 is 40.8 Å². The molecule has 2 aromatic carbocycles. The summed E-state index contributed by atoms with van der Waals surface area (Å²) in [5.74, 6) is -0.762. The van der Waals surface area contributed by atoms with Crippen molar-refractivity contribution in [2.45, 2.75) is 78.1 Å². The monoisotopic (exact) mass is 884 g/mol. The molecule has 4 fully saturated rings. The molecule has 2 bridgehead atoms. The summed E-state index contributed by atoms with van der Waals surface area (Å²) >= 11 is 1.57. The number of nitrogen functional groups attached to an aromatic ring is 1. The number of para-hydroxylation sites is 1. The lowest BCUT2D eigenvalue weighted by Gasteiger charge is -2.68. The number of nitrogens with one attached hydrogen (secondary N) is 3. The molecule has 3 atom stereocenters. The Kier molecular flexibility index (Phi) is 13.6. The lowest BCUT2D eigenvalue weighted by atomic mass is 9.35. The van der Waals surface area contributed by atoms with E-state index in [2.05, 4.69) is 31.1 Å². The summed E-state index contributed by atoms with van der Waals surface area (Å²) in [6.07, 6.45) is 1.32. The van der Waals surface area contributed by atoms with Gasteiger partial charge in [0.1, 0.15) is 30.1 Å². The SMILES string of the molecule is Cc1ncsc1-c1ccc(CNC(=O)[C@@H]2C[C@@H](O)CN2C(=O)[C@@H](NC(=O)COCCOCCNC(=O)C23CC(COc4cc(-c5ccccc5O)nnc4N)(C2)C3)C(C)(C)C)cc1. The minimum Gasteiger partial charge on any atom is -0.507 e.